The Labute approximate surface area is 134 Å². The Morgan fingerprint density at radius 1 is 0.944 bits per heavy atom. The van der Waals surface area contributed by atoms with Gasteiger partial charge in [-0.15, -0.1) is 0 Å². The molecule has 0 amide bonds. The number of hydrogen-bond acceptors (Lipinski definition) is 2. The third-order valence-electron chi connectivity index (χ3n) is 1.89. The summed E-state index contributed by atoms with van der Waals surface area (Å²) >= 11 is 33.8. The average molecular weight is 393 g/mol. The molecule has 1 rings (SSSR count). The first-order chi connectivity index (χ1) is 7.83. The lowest BCUT2D eigenvalue weighted by atomic mass is 10.1. The van der Waals surface area contributed by atoms with Crippen molar-refractivity contribution in [3.05, 3.63) is 29.3 Å². The minimum Gasteiger partial charge on any atom is -0.282 e. The van der Waals surface area contributed by atoms with Gasteiger partial charge in [0.2, 0.25) is 7.59 Å². The van der Waals surface area contributed by atoms with E-state index in [2.05, 4.69) is 0 Å². The SMILES string of the molecule is O=S(=O)(O)c1ccc(C(Cl)(Cl)Cl)cc1C(Cl)(Cl)Cl. The molecule has 0 aromatic heterocycles. The van der Waals surface area contributed by atoms with Crippen LogP contribution in [0.15, 0.2) is 23.1 Å². The first kappa shape index (κ1) is 16.9. The number of halogens is 6. The van der Waals surface area contributed by atoms with Crippen molar-refractivity contribution in [2.75, 3.05) is 0 Å². The number of alkyl halides is 6. The fourth-order valence-electron chi connectivity index (χ4n) is 1.15. The molecule has 0 heterocycles. The van der Waals surface area contributed by atoms with Crippen LogP contribution in [0.5, 0.6) is 0 Å². The highest BCUT2D eigenvalue weighted by Crippen LogP contribution is 2.45. The highest BCUT2D eigenvalue weighted by molar-refractivity contribution is 7.85. The Kier molecular flexibility index (Phi) is 5.02. The molecule has 0 aliphatic carbocycles. The van der Waals surface area contributed by atoms with Crippen molar-refractivity contribution in [2.45, 2.75) is 12.5 Å². The van der Waals surface area contributed by atoms with Crippen LogP contribution < -0.4 is 0 Å². The Morgan fingerprint density at radius 2 is 1.44 bits per heavy atom. The van der Waals surface area contributed by atoms with Crippen LogP contribution in [0.25, 0.3) is 0 Å². The van der Waals surface area contributed by atoms with Crippen LogP contribution in [0.4, 0.5) is 0 Å². The average Bonchev–Trinajstić information content (AvgIpc) is 2.12. The maximum atomic E-state index is 11.1. The highest BCUT2D eigenvalue weighted by atomic mass is 35.6. The van der Waals surface area contributed by atoms with E-state index in [1.807, 2.05) is 0 Å². The summed E-state index contributed by atoms with van der Waals surface area (Å²) < 4.78 is 27.4. The summed E-state index contributed by atoms with van der Waals surface area (Å²) in [5, 5.41) is 0. The van der Waals surface area contributed by atoms with Gasteiger partial charge in [0.15, 0.2) is 0 Å². The van der Waals surface area contributed by atoms with Gasteiger partial charge in [-0.2, -0.15) is 8.42 Å². The van der Waals surface area contributed by atoms with Gasteiger partial charge in [-0.05, 0) is 12.1 Å². The molecule has 102 valence electrons. The lowest BCUT2D eigenvalue weighted by Crippen LogP contribution is -2.12. The molecule has 0 aliphatic heterocycles. The maximum Gasteiger partial charge on any atom is 0.294 e. The fraction of sp³-hybridized carbons (Fsp3) is 0.250. The van der Waals surface area contributed by atoms with E-state index in [0.717, 1.165) is 12.1 Å². The summed E-state index contributed by atoms with van der Waals surface area (Å²) in [4.78, 5) is -0.569. The quantitative estimate of drug-likeness (QED) is 0.562. The van der Waals surface area contributed by atoms with Gasteiger partial charge in [-0.1, -0.05) is 75.7 Å². The minimum absolute atomic E-state index is 0.0984. The van der Waals surface area contributed by atoms with Crippen molar-refractivity contribution in [3.8, 4) is 0 Å². The second-order valence-corrected chi connectivity index (χ2v) is 9.13. The van der Waals surface area contributed by atoms with E-state index < -0.39 is 22.6 Å². The molecule has 0 spiro atoms. The molecule has 0 aliphatic rings. The first-order valence-corrected chi connectivity index (χ1v) is 7.80. The topological polar surface area (TPSA) is 54.4 Å². The zero-order valence-corrected chi connectivity index (χ0v) is 13.5. The summed E-state index contributed by atoms with van der Waals surface area (Å²) in [7, 11) is -4.56. The predicted molar refractivity (Wildman–Crippen MR) is 74.7 cm³/mol. The predicted octanol–water partition coefficient (Wildman–Crippen LogP) is 4.59. The highest BCUT2D eigenvalue weighted by Gasteiger charge is 2.33. The summed E-state index contributed by atoms with van der Waals surface area (Å²) in [6.07, 6.45) is 0. The molecule has 0 radical (unpaired) electrons. The summed E-state index contributed by atoms with van der Waals surface area (Å²) in [5.74, 6) is 0. The zero-order chi connectivity index (χ0) is 14.4. The molecule has 3 nitrogen and oxygen atoms in total. The molecular formula is C8H4Cl6O3S. The largest absolute Gasteiger partial charge is 0.294 e. The summed E-state index contributed by atoms with van der Waals surface area (Å²) in [6.45, 7) is 0. The van der Waals surface area contributed by atoms with Gasteiger partial charge in [-0.3, -0.25) is 4.55 Å². The minimum atomic E-state index is -4.56. The van der Waals surface area contributed by atoms with Crippen LogP contribution in [0.2, 0.25) is 0 Å². The summed E-state index contributed by atoms with van der Waals surface area (Å²) in [5.41, 5.74) is -0.208. The maximum absolute atomic E-state index is 11.1. The number of benzene rings is 1. The lowest BCUT2D eigenvalue weighted by molar-refractivity contribution is 0.482. The molecule has 1 aromatic rings. The second kappa shape index (κ2) is 5.34. The van der Waals surface area contributed by atoms with Crippen molar-refractivity contribution in [1.82, 2.24) is 0 Å². The lowest BCUT2D eigenvalue weighted by Gasteiger charge is -2.19. The Bertz CT molecular complexity index is 557. The molecule has 0 saturated heterocycles. The molecule has 0 fully saturated rings. The zero-order valence-electron chi connectivity index (χ0n) is 8.17. The Balaban J connectivity index is 3.61. The normalized spacial score (nSPS) is 13.7. The monoisotopic (exact) mass is 390 g/mol. The fourth-order valence-corrected chi connectivity index (χ4v) is 2.87. The van der Waals surface area contributed by atoms with Crippen LogP contribution in [0.1, 0.15) is 11.1 Å². The van der Waals surface area contributed by atoms with E-state index in [1.165, 1.54) is 6.07 Å². The van der Waals surface area contributed by atoms with E-state index in [4.69, 9.17) is 74.2 Å². The van der Waals surface area contributed by atoms with Gasteiger partial charge in [0.1, 0.15) is 4.90 Å². The molecule has 1 N–H and O–H groups in total. The van der Waals surface area contributed by atoms with Crippen LogP contribution in [0, 0.1) is 0 Å². The standard InChI is InChI=1S/C8H4Cl6O3S/c9-7(10,11)4-1-2-6(18(15,16)17)5(3-4)8(12,13)14/h1-3H,(H,15,16,17). The smallest absolute Gasteiger partial charge is 0.282 e. The van der Waals surface area contributed by atoms with Crippen LogP contribution >= 0.6 is 69.6 Å². The molecule has 10 heteroatoms. The molecule has 0 bridgehead atoms. The van der Waals surface area contributed by atoms with Crippen LogP contribution in [-0.4, -0.2) is 13.0 Å². The first-order valence-electron chi connectivity index (χ1n) is 4.09. The van der Waals surface area contributed by atoms with E-state index in [-0.39, 0.29) is 11.1 Å². The molecule has 1 aromatic carbocycles. The van der Waals surface area contributed by atoms with Gasteiger partial charge in [0.05, 0.1) is 0 Å². The van der Waals surface area contributed by atoms with E-state index in [9.17, 15) is 8.42 Å². The van der Waals surface area contributed by atoms with Crippen molar-refractivity contribution >= 4 is 79.7 Å². The van der Waals surface area contributed by atoms with Gasteiger partial charge >= 0.3 is 0 Å². The molecule has 0 atom stereocenters. The van der Waals surface area contributed by atoms with Crippen LogP contribution in [0.3, 0.4) is 0 Å². The molecule has 0 unspecified atom stereocenters. The molecule has 0 saturated carbocycles. The van der Waals surface area contributed by atoms with Gasteiger partial charge in [-0.25, -0.2) is 0 Å². The Hall–Kier alpha value is 0.870. The van der Waals surface area contributed by atoms with Gasteiger partial charge in [0.25, 0.3) is 10.1 Å². The van der Waals surface area contributed by atoms with Gasteiger partial charge < -0.3 is 0 Å². The molecular weight excluding hydrogens is 389 g/mol. The third-order valence-corrected chi connectivity index (χ3v) is 4.07. The van der Waals surface area contributed by atoms with E-state index >= 15 is 0 Å². The number of rotatable bonds is 1. The molecule has 18 heavy (non-hydrogen) atoms. The van der Waals surface area contributed by atoms with Crippen molar-refractivity contribution in [1.29, 1.82) is 0 Å². The number of hydrogen-bond donors (Lipinski definition) is 1. The third kappa shape index (κ3) is 4.18. The summed E-state index contributed by atoms with van der Waals surface area (Å²) in [6, 6.07) is 3.27. The van der Waals surface area contributed by atoms with Crippen LogP contribution in [-0.2, 0) is 17.7 Å². The van der Waals surface area contributed by atoms with Crippen molar-refractivity contribution < 1.29 is 13.0 Å². The van der Waals surface area contributed by atoms with Gasteiger partial charge in [0, 0.05) is 11.1 Å². The second-order valence-electron chi connectivity index (χ2n) is 3.18. The Morgan fingerprint density at radius 3 is 1.78 bits per heavy atom. The van der Waals surface area contributed by atoms with E-state index in [1.54, 1.807) is 0 Å². The van der Waals surface area contributed by atoms with Crippen molar-refractivity contribution in [3.63, 3.8) is 0 Å². The van der Waals surface area contributed by atoms with Crippen molar-refractivity contribution in [2.24, 2.45) is 0 Å². The van der Waals surface area contributed by atoms with E-state index in [0.29, 0.717) is 0 Å².